The minimum absolute atomic E-state index is 0.500. The monoisotopic (exact) mass is 272 g/mol. The Labute approximate surface area is 114 Å². The Hall–Kier alpha value is -1.98. The van der Waals surface area contributed by atoms with Crippen LogP contribution in [0, 0.1) is 25.6 Å². The van der Waals surface area contributed by atoms with Gasteiger partial charge in [0, 0.05) is 9.85 Å². The van der Waals surface area contributed by atoms with Crippen LogP contribution in [0.2, 0.25) is 0 Å². The molecule has 0 saturated carbocycles. The van der Waals surface area contributed by atoms with E-state index in [-0.39, 0.29) is 0 Å². The van der Waals surface area contributed by atoms with Crippen molar-refractivity contribution in [2.45, 2.75) is 27.7 Å². The molecule has 1 rings (SSSR count). The molecule has 0 aromatic heterocycles. The number of hydrogen-bond acceptors (Lipinski definition) is 4. The summed E-state index contributed by atoms with van der Waals surface area (Å²) in [4.78, 5) is 16.6. The predicted molar refractivity (Wildman–Crippen MR) is 77.4 cm³/mol. The number of hydrogen-bond donors (Lipinski definition) is 0. The molecule has 0 atom stereocenters. The molecule has 0 spiro atoms. The van der Waals surface area contributed by atoms with Gasteiger partial charge in [-0.05, 0) is 5.41 Å². The lowest BCUT2D eigenvalue weighted by Crippen LogP contribution is -1.93. The van der Waals surface area contributed by atoms with Gasteiger partial charge in [-0.3, -0.25) is 20.2 Å². The highest BCUT2D eigenvalue weighted by molar-refractivity contribution is 4.99. The van der Waals surface area contributed by atoms with Gasteiger partial charge in [-0.1, -0.05) is 64.1 Å². The van der Waals surface area contributed by atoms with Gasteiger partial charge in [0.15, 0.2) is 14.1 Å². The Balaban J connectivity index is -0.000000184. The number of benzene rings is 1. The minimum Gasteiger partial charge on any atom is -0.265 e. The van der Waals surface area contributed by atoms with Crippen LogP contribution < -0.4 is 0 Å². The van der Waals surface area contributed by atoms with E-state index in [0.29, 0.717) is 5.41 Å². The fourth-order valence-corrected chi connectivity index (χ4v) is 0.385. The van der Waals surface area contributed by atoms with Crippen molar-refractivity contribution in [3.05, 3.63) is 56.6 Å². The smallest absolute Gasteiger partial charge is 0.194 e. The Morgan fingerprint density at radius 3 is 0.789 bits per heavy atom. The zero-order chi connectivity index (χ0) is 15.9. The molecule has 0 fully saturated rings. The summed E-state index contributed by atoms with van der Waals surface area (Å²) in [6.45, 7) is 8.75. The van der Waals surface area contributed by atoms with E-state index in [4.69, 9.17) is 20.2 Å². The summed E-state index contributed by atoms with van der Waals surface area (Å²) < 4.78 is 0. The molecule has 0 unspecified atom stereocenters. The third kappa shape index (κ3) is 195. The van der Waals surface area contributed by atoms with Crippen molar-refractivity contribution in [2.24, 2.45) is 5.41 Å². The molecule has 0 saturated heterocycles. The van der Waals surface area contributed by atoms with Crippen LogP contribution in [0.1, 0.15) is 27.7 Å². The highest BCUT2D eigenvalue weighted by atomic mass is 16.6. The topological polar surface area (TPSA) is 86.3 Å². The van der Waals surface area contributed by atoms with Gasteiger partial charge in [0.1, 0.15) is 0 Å². The van der Waals surface area contributed by atoms with Gasteiger partial charge in [0.25, 0.3) is 0 Å². The van der Waals surface area contributed by atoms with Crippen molar-refractivity contribution in [1.82, 2.24) is 0 Å². The van der Waals surface area contributed by atoms with Crippen LogP contribution >= 0.6 is 0 Å². The van der Waals surface area contributed by atoms with E-state index in [0.717, 1.165) is 14.1 Å². The first-order valence-electron chi connectivity index (χ1n) is 5.62. The molecule has 6 heteroatoms. The fraction of sp³-hybridized carbons (Fsp3) is 0.538. The van der Waals surface area contributed by atoms with E-state index in [1.807, 2.05) is 36.4 Å². The van der Waals surface area contributed by atoms with Crippen molar-refractivity contribution in [3.63, 3.8) is 0 Å². The molecule has 1 aromatic rings. The predicted octanol–water partition coefficient (Wildman–Crippen LogP) is 3.52. The first-order chi connectivity index (χ1) is 8.46. The van der Waals surface area contributed by atoms with Gasteiger partial charge < -0.3 is 0 Å². The Morgan fingerprint density at radius 1 is 0.684 bits per heavy atom. The van der Waals surface area contributed by atoms with Crippen molar-refractivity contribution in [2.75, 3.05) is 14.1 Å². The number of nitrogens with zero attached hydrogens (tertiary/aromatic N) is 2. The SMILES string of the molecule is CC(C)(C)C.C[N+](=O)[O-].C[N+](=O)[O-].c1ccccc1. The average Bonchev–Trinajstić information content (AvgIpc) is 2.15. The van der Waals surface area contributed by atoms with E-state index in [1.54, 1.807) is 0 Å². The van der Waals surface area contributed by atoms with Gasteiger partial charge in [-0.2, -0.15) is 0 Å². The summed E-state index contributed by atoms with van der Waals surface area (Å²) >= 11 is 0. The zero-order valence-corrected chi connectivity index (χ0v) is 12.5. The van der Waals surface area contributed by atoms with E-state index in [2.05, 4.69) is 27.7 Å². The van der Waals surface area contributed by atoms with Crippen molar-refractivity contribution >= 4 is 0 Å². The lowest BCUT2D eigenvalue weighted by atomic mass is 10.0. The average molecular weight is 272 g/mol. The van der Waals surface area contributed by atoms with E-state index >= 15 is 0 Å². The molecule has 1 aromatic carbocycles. The molecule has 19 heavy (non-hydrogen) atoms. The molecule has 110 valence electrons. The molecule has 6 nitrogen and oxygen atoms in total. The van der Waals surface area contributed by atoms with Crippen LogP contribution in [0.3, 0.4) is 0 Å². The number of nitro groups is 2. The summed E-state index contributed by atoms with van der Waals surface area (Å²) in [6.07, 6.45) is 0. The van der Waals surface area contributed by atoms with Crippen LogP contribution in [0.4, 0.5) is 0 Å². The molecule has 0 bridgehead atoms. The zero-order valence-electron chi connectivity index (χ0n) is 12.5. The molecular formula is C13H24N2O4. The maximum Gasteiger partial charge on any atom is 0.194 e. The maximum atomic E-state index is 8.81. The van der Waals surface area contributed by atoms with Gasteiger partial charge in [0.2, 0.25) is 0 Å². The molecule has 0 aliphatic heterocycles. The summed E-state index contributed by atoms with van der Waals surface area (Å²) in [5, 5.41) is 17.6. The molecule has 0 heterocycles. The van der Waals surface area contributed by atoms with Crippen molar-refractivity contribution in [1.29, 1.82) is 0 Å². The lowest BCUT2D eigenvalue weighted by Gasteiger charge is -2.05. The fourth-order valence-electron chi connectivity index (χ4n) is 0.385. The van der Waals surface area contributed by atoms with E-state index in [1.165, 1.54) is 0 Å². The normalized spacial score (nSPS) is 8.32. The summed E-state index contributed by atoms with van der Waals surface area (Å²) in [7, 11) is 1.78. The lowest BCUT2D eigenvalue weighted by molar-refractivity contribution is -0.445. The molecular weight excluding hydrogens is 248 g/mol. The molecule has 0 aliphatic rings. The quantitative estimate of drug-likeness (QED) is 0.534. The van der Waals surface area contributed by atoms with Crippen LogP contribution in [-0.4, -0.2) is 23.9 Å². The summed E-state index contributed by atoms with van der Waals surface area (Å²) in [6, 6.07) is 12.0. The van der Waals surface area contributed by atoms with Gasteiger partial charge >= 0.3 is 0 Å². The van der Waals surface area contributed by atoms with Crippen LogP contribution in [-0.2, 0) is 0 Å². The highest BCUT2D eigenvalue weighted by Crippen LogP contribution is 2.08. The summed E-state index contributed by atoms with van der Waals surface area (Å²) in [5.41, 5.74) is 0.500. The largest absolute Gasteiger partial charge is 0.265 e. The Morgan fingerprint density at radius 2 is 0.737 bits per heavy atom. The van der Waals surface area contributed by atoms with Crippen LogP contribution in [0.15, 0.2) is 36.4 Å². The second-order valence-electron chi connectivity index (χ2n) is 5.03. The standard InChI is InChI=1S/C6H6.C5H12.2CH3NO2/c1-2-4-6-5-3-1;1-5(2,3)4;2*1-2(3)4/h1-6H;1-4H3;2*1H3. The van der Waals surface area contributed by atoms with E-state index in [9.17, 15) is 0 Å². The van der Waals surface area contributed by atoms with E-state index < -0.39 is 9.85 Å². The Kier molecular flexibility index (Phi) is 16.5. The molecule has 0 amide bonds. The third-order valence-corrected chi connectivity index (χ3v) is 0.667. The number of rotatable bonds is 0. The second-order valence-corrected chi connectivity index (χ2v) is 5.03. The Bertz CT molecular complexity index is 268. The van der Waals surface area contributed by atoms with Crippen molar-refractivity contribution < 1.29 is 9.85 Å². The van der Waals surface area contributed by atoms with Gasteiger partial charge in [-0.15, -0.1) is 0 Å². The second kappa shape index (κ2) is 14.1. The van der Waals surface area contributed by atoms with Crippen LogP contribution in [0.25, 0.3) is 0 Å². The molecule has 0 N–H and O–H groups in total. The highest BCUT2D eigenvalue weighted by Gasteiger charge is 1.95. The molecule has 0 radical (unpaired) electrons. The van der Waals surface area contributed by atoms with Gasteiger partial charge in [-0.25, -0.2) is 0 Å². The minimum atomic E-state index is -0.500. The van der Waals surface area contributed by atoms with Crippen molar-refractivity contribution in [3.8, 4) is 0 Å². The van der Waals surface area contributed by atoms with Gasteiger partial charge in [0.05, 0.1) is 0 Å². The summed E-state index contributed by atoms with van der Waals surface area (Å²) in [5.74, 6) is 0. The molecule has 0 aliphatic carbocycles. The first kappa shape index (κ1) is 22.2. The van der Waals surface area contributed by atoms with Crippen LogP contribution in [0.5, 0.6) is 0 Å². The third-order valence-electron chi connectivity index (χ3n) is 0.667. The maximum absolute atomic E-state index is 8.81. The first-order valence-corrected chi connectivity index (χ1v) is 5.62.